The number of rotatable bonds is 4. The zero-order chi connectivity index (χ0) is 11.2. The fraction of sp³-hybridized carbons (Fsp3) is 0.182. The van der Waals surface area contributed by atoms with Crippen LogP contribution < -0.4 is 11.1 Å². The second kappa shape index (κ2) is 5.06. The Labute approximate surface area is 93.8 Å². The summed E-state index contributed by atoms with van der Waals surface area (Å²) < 4.78 is 0. The van der Waals surface area contributed by atoms with Crippen molar-refractivity contribution in [1.29, 1.82) is 0 Å². The summed E-state index contributed by atoms with van der Waals surface area (Å²) in [6.45, 7) is 0.771. The summed E-state index contributed by atoms with van der Waals surface area (Å²) in [5.41, 5.74) is 6.77. The Hall–Kier alpha value is -2.17. The molecule has 3 N–H and O–H groups in total. The second-order valence-electron chi connectivity index (χ2n) is 3.34. The van der Waals surface area contributed by atoms with Crippen molar-refractivity contribution in [3.05, 3.63) is 42.4 Å². The Morgan fingerprint density at radius 1 is 1.12 bits per heavy atom. The number of nitrogens with two attached hydrogens (primary N) is 1. The van der Waals surface area contributed by atoms with Gasteiger partial charge in [0.15, 0.2) is 0 Å². The van der Waals surface area contributed by atoms with Crippen LogP contribution in [0.1, 0.15) is 5.56 Å². The van der Waals surface area contributed by atoms with Gasteiger partial charge in [-0.25, -0.2) is 4.98 Å². The van der Waals surface area contributed by atoms with Crippen LogP contribution in [0, 0.1) is 0 Å². The van der Waals surface area contributed by atoms with Crippen molar-refractivity contribution in [3.8, 4) is 0 Å². The van der Waals surface area contributed by atoms with Gasteiger partial charge in [0.05, 0.1) is 0 Å². The number of nitrogen functional groups attached to an aromatic ring is 1. The van der Waals surface area contributed by atoms with Crippen LogP contribution in [0.25, 0.3) is 0 Å². The van der Waals surface area contributed by atoms with Crippen molar-refractivity contribution in [2.75, 3.05) is 17.6 Å². The molecule has 5 nitrogen and oxygen atoms in total. The molecule has 0 unspecified atom stereocenters. The fourth-order valence-corrected chi connectivity index (χ4v) is 1.33. The first-order valence-corrected chi connectivity index (χ1v) is 5.06. The molecule has 2 aromatic rings. The molecule has 5 heteroatoms. The van der Waals surface area contributed by atoms with Crippen LogP contribution >= 0.6 is 0 Å². The van der Waals surface area contributed by atoms with E-state index in [0.29, 0.717) is 11.8 Å². The molecule has 0 aliphatic carbocycles. The lowest BCUT2D eigenvalue weighted by atomic mass is 10.2. The van der Waals surface area contributed by atoms with Gasteiger partial charge < -0.3 is 11.1 Å². The highest BCUT2D eigenvalue weighted by Crippen LogP contribution is 2.02. The van der Waals surface area contributed by atoms with E-state index in [-0.39, 0.29) is 0 Å². The number of nitrogens with one attached hydrogen (secondary N) is 1. The lowest BCUT2D eigenvalue weighted by Gasteiger charge is -2.04. The molecule has 0 fully saturated rings. The predicted octanol–water partition coefficient (Wildman–Crippen LogP) is 1.11. The molecule has 0 atom stereocenters. The topological polar surface area (TPSA) is 76.7 Å². The van der Waals surface area contributed by atoms with E-state index in [2.05, 4.69) is 20.3 Å². The summed E-state index contributed by atoms with van der Waals surface area (Å²) in [6, 6.07) is 5.64. The highest BCUT2D eigenvalue weighted by molar-refractivity contribution is 5.35. The summed E-state index contributed by atoms with van der Waals surface area (Å²) in [7, 11) is 0. The van der Waals surface area contributed by atoms with Crippen molar-refractivity contribution in [2.45, 2.75) is 6.42 Å². The van der Waals surface area contributed by atoms with Crippen LogP contribution in [0.3, 0.4) is 0 Å². The Kier molecular flexibility index (Phi) is 3.28. The fourth-order valence-electron chi connectivity index (χ4n) is 1.33. The minimum absolute atomic E-state index is 0.474. The molecule has 0 saturated heterocycles. The Balaban J connectivity index is 1.85. The predicted molar refractivity (Wildman–Crippen MR) is 62.9 cm³/mol. The first kappa shape index (κ1) is 10.4. The molecule has 2 heterocycles. The van der Waals surface area contributed by atoms with Crippen molar-refractivity contribution >= 4 is 11.8 Å². The minimum atomic E-state index is 0.474. The Morgan fingerprint density at radius 3 is 2.69 bits per heavy atom. The lowest BCUT2D eigenvalue weighted by molar-refractivity contribution is 0.981. The van der Waals surface area contributed by atoms with Crippen molar-refractivity contribution in [3.63, 3.8) is 0 Å². The number of aromatic nitrogens is 3. The van der Waals surface area contributed by atoms with E-state index in [1.807, 2.05) is 12.1 Å². The smallest absolute Gasteiger partial charge is 0.224 e. The molecular formula is C11H13N5. The molecule has 0 radical (unpaired) electrons. The molecule has 16 heavy (non-hydrogen) atoms. The van der Waals surface area contributed by atoms with Crippen LogP contribution in [0.2, 0.25) is 0 Å². The lowest BCUT2D eigenvalue weighted by Crippen LogP contribution is -2.08. The molecule has 82 valence electrons. The third-order valence-electron chi connectivity index (χ3n) is 2.12. The quantitative estimate of drug-likeness (QED) is 0.798. The highest BCUT2D eigenvalue weighted by Gasteiger charge is 1.96. The van der Waals surface area contributed by atoms with Crippen LogP contribution in [-0.4, -0.2) is 21.5 Å². The molecule has 0 bridgehead atoms. The monoisotopic (exact) mass is 215 g/mol. The molecule has 0 saturated carbocycles. The van der Waals surface area contributed by atoms with E-state index in [4.69, 9.17) is 5.73 Å². The van der Waals surface area contributed by atoms with E-state index >= 15 is 0 Å². The third kappa shape index (κ3) is 2.91. The first-order chi connectivity index (χ1) is 7.84. The normalized spacial score (nSPS) is 10.0. The minimum Gasteiger partial charge on any atom is -0.384 e. The van der Waals surface area contributed by atoms with E-state index in [1.54, 1.807) is 24.7 Å². The highest BCUT2D eigenvalue weighted by atomic mass is 15.1. The number of pyridine rings is 1. The van der Waals surface area contributed by atoms with Crippen LogP contribution in [0.15, 0.2) is 36.8 Å². The van der Waals surface area contributed by atoms with Crippen molar-refractivity contribution < 1.29 is 0 Å². The van der Waals surface area contributed by atoms with Gasteiger partial charge in [-0.2, -0.15) is 4.98 Å². The van der Waals surface area contributed by atoms with Gasteiger partial charge in [0, 0.05) is 25.1 Å². The van der Waals surface area contributed by atoms with Gasteiger partial charge in [-0.15, -0.1) is 0 Å². The van der Waals surface area contributed by atoms with Gasteiger partial charge in [-0.3, -0.25) is 4.98 Å². The maximum absolute atomic E-state index is 5.54. The summed E-state index contributed by atoms with van der Waals surface area (Å²) in [4.78, 5) is 12.1. The first-order valence-electron chi connectivity index (χ1n) is 5.06. The van der Waals surface area contributed by atoms with Crippen LogP contribution in [-0.2, 0) is 6.42 Å². The average molecular weight is 215 g/mol. The molecule has 0 aliphatic rings. The zero-order valence-electron chi connectivity index (χ0n) is 8.80. The SMILES string of the molecule is Nc1ccnc(NCCc2ccncc2)n1. The molecule has 0 spiro atoms. The second-order valence-corrected chi connectivity index (χ2v) is 3.34. The van der Waals surface area contributed by atoms with E-state index < -0.39 is 0 Å². The molecule has 2 rings (SSSR count). The largest absolute Gasteiger partial charge is 0.384 e. The van der Waals surface area contributed by atoms with Crippen LogP contribution in [0.4, 0.5) is 11.8 Å². The Morgan fingerprint density at radius 2 is 1.94 bits per heavy atom. The van der Waals surface area contributed by atoms with Gasteiger partial charge in [-0.1, -0.05) is 0 Å². The molecular weight excluding hydrogens is 202 g/mol. The van der Waals surface area contributed by atoms with Gasteiger partial charge >= 0.3 is 0 Å². The van der Waals surface area contributed by atoms with Gasteiger partial charge in [0.1, 0.15) is 5.82 Å². The number of nitrogens with zero attached hydrogens (tertiary/aromatic N) is 3. The summed E-state index contributed by atoms with van der Waals surface area (Å²) >= 11 is 0. The van der Waals surface area contributed by atoms with E-state index in [1.165, 1.54) is 5.56 Å². The molecule has 0 aliphatic heterocycles. The summed E-state index contributed by atoms with van der Waals surface area (Å²) in [5, 5.41) is 3.11. The summed E-state index contributed by atoms with van der Waals surface area (Å²) in [6.07, 6.45) is 6.11. The van der Waals surface area contributed by atoms with Crippen LogP contribution in [0.5, 0.6) is 0 Å². The maximum atomic E-state index is 5.54. The Bertz CT molecular complexity index is 443. The maximum Gasteiger partial charge on any atom is 0.224 e. The average Bonchev–Trinajstić information content (AvgIpc) is 2.30. The standard InChI is InChI=1S/C11H13N5/c12-10-4-8-15-11(16-10)14-7-3-9-1-5-13-6-2-9/h1-2,4-6,8H,3,7H2,(H3,12,14,15,16). The number of hydrogen-bond acceptors (Lipinski definition) is 5. The van der Waals surface area contributed by atoms with Gasteiger partial charge in [0.25, 0.3) is 0 Å². The van der Waals surface area contributed by atoms with Crippen molar-refractivity contribution in [2.24, 2.45) is 0 Å². The molecule has 0 amide bonds. The molecule has 0 aromatic carbocycles. The number of hydrogen-bond donors (Lipinski definition) is 2. The van der Waals surface area contributed by atoms with E-state index in [9.17, 15) is 0 Å². The van der Waals surface area contributed by atoms with E-state index in [0.717, 1.165) is 13.0 Å². The summed E-state index contributed by atoms with van der Waals surface area (Å²) in [5.74, 6) is 1.04. The van der Waals surface area contributed by atoms with Gasteiger partial charge in [0.2, 0.25) is 5.95 Å². The van der Waals surface area contributed by atoms with Crippen molar-refractivity contribution in [1.82, 2.24) is 15.0 Å². The zero-order valence-corrected chi connectivity index (χ0v) is 8.80. The van der Waals surface area contributed by atoms with Gasteiger partial charge in [-0.05, 0) is 30.2 Å². The molecule has 2 aromatic heterocycles. The third-order valence-corrected chi connectivity index (χ3v) is 2.12. The number of anilines is 2.